The van der Waals surface area contributed by atoms with Gasteiger partial charge in [0.15, 0.2) is 6.10 Å². The predicted octanol–water partition coefficient (Wildman–Crippen LogP) is 2.94. The molecule has 1 atom stereocenters. The summed E-state index contributed by atoms with van der Waals surface area (Å²) in [6.45, 7) is 4.88. The highest BCUT2D eigenvalue weighted by Crippen LogP contribution is 2.22. The second-order valence-corrected chi connectivity index (χ2v) is 8.35. The van der Waals surface area contributed by atoms with E-state index in [2.05, 4.69) is 14.9 Å². The van der Waals surface area contributed by atoms with Gasteiger partial charge >= 0.3 is 5.97 Å². The number of nitrogens with one attached hydrogen (secondary N) is 1. The van der Waals surface area contributed by atoms with E-state index in [0.717, 1.165) is 16.7 Å². The third-order valence-corrected chi connectivity index (χ3v) is 5.55. The first kappa shape index (κ1) is 20.7. The van der Waals surface area contributed by atoms with Crippen molar-refractivity contribution in [1.82, 2.24) is 14.9 Å². The number of benzene rings is 2. The number of ether oxygens (including phenoxy) is 1. The summed E-state index contributed by atoms with van der Waals surface area (Å²) >= 11 is 0. The van der Waals surface area contributed by atoms with Crippen LogP contribution >= 0.6 is 0 Å². The largest absolute Gasteiger partial charge is 0.452 e. The van der Waals surface area contributed by atoms with Gasteiger partial charge in [0.1, 0.15) is 6.54 Å². The third-order valence-electron chi connectivity index (χ3n) is 4.13. The summed E-state index contributed by atoms with van der Waals surface area (Å²) in [7, 11) is -3.81. The van der Waals surface area contributed by atoms with Gasteiger partial charge in [-0.15, -0.1) is 10.2 Å². The molecule has 1 aromatic heterocycles. The van der Waals surface area contributed by atoms with E-state index in [1.165, 1.54) is 12.1 Å². The fourth-order valence-electron chi connectivity index (χ4n) is 2.46. The van der Waals surface area contributed by atoms with E-state index >= 15 is 0 Å². The van der Waals surface area contributed by atoms with Gasteiger partial charge in [0, 0.05) is 5.56 Å². The molecule has 152 valence electrons. The van der Waals surface area contributed by atoms with Gasteiger partial charge in [0.2, 0.25) is 15.9 Å². The summed E-state index contributed by atoms with van der Waals surface area (Å²) in [5.74, 6) is -0.332. The smallest absolute Gasteiger partial charge is 0.321 e. The first-order valence-corrected chi connectivity index (χ1v) is 10.4. The lowest BCUT2D eigenvalue weighted by Gasteiger charge is -2.10. The van der Waals surface area contributed by atoms with Crippen LogP contribution in [0.4, 0.5) is 0 Å². The number of rotatable bonds is 7. The van der Waals surface area contributed by atoms with Crippen molar-refractivity contribution in [2.45, 2.75) is 31.8 Å². The maximum atomic E-state index is 12.2. The Bertz CT molecular complexity index is 1090. The van der Waals surface area contributed by atoms with Gasteiger partial charge in [-0.25, -0.2) is 8.42 Å². The second kappa shape index (κ2) is 8.54. The topological polar surface area (TPSA) is 111 Å². The lowest BCUT2D eigenvalue weighted by molar-refractivity contribution is -0.148. The molecule has 0 radical (unpaired) electrons. The summed E-state index contributed by atoms with van der Waals surface area (Å²) in [4.78, 5) is 12.1. The number of esters is 1. The molecule has 8 nitrogen and oxygen atoms in total. The summed E-state index contributed by atoms with van der Waals surface area (Å²) in [5, 5.41) is 7.86. The lowest BCUT2D eigenvalue weighted by atomic mass is 10.1. The van der Waals surface area contributed by atoms with Crippen LogP contribution in [0, 0.1) is 13.8 Å². The Hall–Kier alpha value is -3.04. The molecule has 1 N–H and O–H groups in total. The van der Waals surface area contributed by atoms with Gasteiger partial charge in [0.25, 0.3) is 5.89 Å². The van der Waals surface area contributed by atoms with Crippen LogP contribution in [0.25, 0.3) is 11.5 Å². The average molecular weight is 415 g/mol. The van der Waals surface area contributed by atoms with Crippen LogP contribution in [-0.2, 0) is 19.6 Å². The Labute approximate surface area is 169 Å². The second-order valence-electron chi connectivity index (χ2n) is 6.58. The number of aryl methyl sites for hydroxylation is 2. The number of hydrogen-bond donors (Lipinski definition) is 1. The van der Waals surface area contributed by atoms with Gasteiger partial charge in [0.05, 0.1) is 4.90 Å². The zero-order valence-corrected chi connectivity index (χ0v) is 17.1. The molecule has 2 aromatic carbocycles. The molecule has 1 heterocycles. The van der Waals surface area contributed by atoms with E-state index in [4.69, 9.17) is 9.15 Å². The molecule has 0 saturated heterocycles. The minimum atomic E-state index is -3.81. The maximum Gasteiger partial charge on any atom is 0.321 e. The molecular formula is C20H21N3O5S. The zero-order valence-electron chi connectivity index (χ0n) is 16.2. The quantitative estimate of drug-likeness (QED) is 0.591. The summed E-state index contributed by atoms with van der Waals surface area (Å²) in [6, 6.07) is 13.8. The number of sulfonamides is 1. The molecular weight excluding hydrogens is 394 g/mol. The van der Waals surface area contributed by atoms with E-state index in [9.17, 15) is 13.2 Å². The van der Waals surface area contributed by atoms with Crippen LogP contribution in [-0.4, -0.2) is 31.1 Å². The van der Waals surface area contributed by atoms with E-state index < -0.39 is 28.6 Å². The molecule has 0 spiro atoms. The third kappa shape index (κ3) is 5.27. The van der Waals surface area contributed by atoms with Gasteiger partial charge < -0.3 is 9.15 Å². The van der Waals surface area contributed by atoms with Crippen molar-refractivity contribution in [3.63, 3.8) is 0 Å². The van der Waals surface area contributed by atoms with Crippen molar-refractivity contribution in [3.05, 3.63) is 65.5 Å². The monoisotopic (exact) mass is 415 g/mol. The zero-order chi connectivity index (χ0) is 21.0. The summed E-state index contributed by atoms with van der Waals surface area (Å²) in [6.07, 6.45) is -0.821. The Balaban J connectivity index is 1.58. The molecule has 0 unspecified atom stereocenters. The fraction of sp³-hybridized carbons (Fsp3) is 0.250. The molecule has 0 fully saturated rings. The summed E-state index contributed by atoms with van der Waals surface area (Å²) in [5.41, 5.74) is 2.78. The molecule has 3 rings (SSSR count). The van der Waals surface area contributed by atoms with Gasteiger partial charge in [-0.1, -0.05) is 35.4 Å². The Morgan fingerprint density at radius 2 is 1.62 bits per heavy atom. The highest BCUT2D eigenvalue weighted by atomic mass is 32.2. The normalized spacial score (nSPS) is 12.5. The Kier molecular flexibility index (Phi) is 6.09. The molecule has 0 aliphatic carbocycles. The van der Waals surface area contributed by atoms with Crippen molar-refractivity contribution < 1.29 is 22.4 Å². The van der Waals surface area contributed by atoms with E-state index in [0.29, 0.717) is 5.89 Å². The van der Waals surface area contributed by atoms with Crippen molar-refractivity contribution >= 4 is 16.0 Å². The number of aromatic nitrogens is 2. The molecule has 3 aromatic rings. The SMILES string of the molecule is Cc1ccc(-c2nnc([C@H](C)OC(=O)CNS(=O)(=O)c3ccc(C)cc3)o2)cc1. The predicted molar refractivity (Wildman–Crippen MR) is 105 cm³/mol. The highest BCUT2D eigenvalue weighted by molar-refractivity contribution is 7.89. The molecule has 29 heavy (non-hydrogen) atoms. The first-order chi connectivity index (χ1) is 13.7. The van der Waals surface area contributed by atoms with Crippen molar-refractivity contribution in [1.29, 1.82) is 0 Å². The lowest BCUT2D eigenvalue weighted by Crippen LogP contribution is -2.31. The summed E-state index contributed by atoms with van der Waals surface area (Å²) < 4.78 is 37.4. The Morgan fingerprint density at radius 3 is 2.24 bits per heavy atom. The van der Waals surface area contributed by atoms with Crippen molar-refractivity contribution in [2.75, 3.05) is 6.54 Å². The first-order valence-electron chi connectivity index (χ1n) is 8.91. The molecule has 0 bridgehead atoms. The van der Waals surface area contributed by atoms with Crippen molar-refractivity contribution in [3.8, 4) is 11.5 Å². The van der Waals surface area contributed by atoms with Crippen LogP contribution in [0.15, 0.2) is 57.8 Å². The van der Waals surface area contributed by atoms with Crippen LogP contribution in [0.1, 0.15) is 30.0 Å². The van der Waals surface area contributed by atoms with Crippen LogP contribution < -0.4 is 4.72 Å². The van der Waals surface area contributed by atoms with Gasteiger partial charge in [-0.3, -0.25) is 4.79 Å². The van der Waals surface area contributed by atoms with E-state index in [-0.39, 0.29) is 10.8 Å². The van der Waals surface area contributed by atoms with E-state index in [1.54, 1.807) is 19.1 Å². The van der Waals surface area contributed by atoms with Crippen LogP contribution in [0.5, 0.6) is 0 Å². The number of carbonyl (C=O) groups excluding carboxylic acids is 1. The van der Waals surface area contributed by atoms with E-state index in [1.807, 2.05) is 38.1 Å². The molecule has 9 heteroatoms. The average Bonchev–Trinajstić information content (AvgIpc) is 3.18. The minimum absolute atomic E-state index is 0.0728. The number of carbonyl (C=O) groups is 1. The molecule has 0 amide bonds. The highest BCUT2D eigenvalue weighted by Gasteiger charge is 2.21. The molecule has 0 aliphatic heterocycles. The van der Waals surface area contributed by atoms with Gasteiger partial charge in [-0.2, -0.15) is 4.72 Å². The van der Waals surface area contributed by atoms with Gasteiger partial charge in [-0.05, 0) is 45.0 Å². The molecule has 0 saturated carbocycles. The Morgan fingerprint density at radius 1 is 1.03 bits per heavy atom. The number of hydrogen-bond acceptors (Lipinski definition) is 7. The van der Waals surface area contributed by atoms with Crippen LogP contribution in [0.3, 0.4) is 0 Å². The minimum Gasteiger partial charge on any atom is -0.452 e. The fourth-order valence-corrected chi connectivity index (χ4v) is 3.42. The van der Waals surface area contributed by atoms with Crippen LogP contribution in [0.2, 0.25) is 0 Å². The standard InChI is InChI=1S/C20H21N3O5S/c1-13-4-8-16(9-5-13)20-23-22-19(28-20)15(3)27-18(24)12-21-29(25,26)17-10-6-14(2)7-11-17/h4-11,15,21H,12H2,1-3H3/t15-/m0/s1. The molecule has 0 aliphatic rings. The number of nitrogens with zero attached hydrogens (tertiary/aromatic N) is 2. The van der Waals surface area contributed by atoms with Crippen molar-refractivity contribution in [2.24, 2.45) is 0 Å². The maximum absolute atomic E-state index is 12.2.